The number of ether oxygens (including phenoxy) is 1. The van der Waals surface area contributed by atoms with E-state index < -0.39 is 0 Å². The Kier molecular flexibility index (Phi) is 3.68. The van der Waals surface area contributed by atoms with Crippen LogP contribution in [0.5, 0.6) is 0 Å². The molecule has 2 aliphatic heterocycles. The zero-order chi connectivity index (χ0) is 12.5. The highest BCUT2D eigenvalue weighted by atomic mass is 79.9. The van der Waals surface area contributed by atoms with Crippen molar-refractivity contribution in [2.24, 2.45) is 0 Å². The lowest BCUT2D eigenvalue weighted by Gasteiger charge is -2.43. The van der Waals surface area contributed by atoms with Crippen LogP contribution in [0.15, 0.2) is 21.2 Å². The second-order valence-corrected chi connectivity index (χ2v) is 6.64. The van der Waals surface area contributed by atoms with Gasteiger partial charge in [-0.3, -0.25) is 4.79 Å². The van der Waals surface area contributed by atoms with Crippen molar-refractivity contribution in [2.75, 3.05) is 25.5 Å². The number of fused-ring (bicyclic) bond motifs is 1. The van der Waals surface area contributed by atoms with E-state index >= 15 is 0 Å². The Morgan fingerprint density at radius 2 is 2.44 bits per heavy atom. The first kappa shape index (κ1) is 12.6. The van der Waals surface area contributed by atoms with Crippen LogP contribution in [0, 0.1) is 0 Å². The number of amides is 1. The molecule has 2 atom stereocenters. The van der Waals surface area contributed by atoms with Crippen LogP contribution in [-0.2, 0) is 4.74 Å². The number of rotatable bonds is 1. The topological polar surface area (TPSA) is 42.7 Å². The van der Waals surface area contributed by atoms with E-state index in [4.69, 9.17) is 9.15 Å². The zero-order valence-corrected chi connectivity index (χ0v) is 12.2. The number of furan rings is 1. The Hall–Kier alpha value is -0.460. The van der Waals surface area contributed by atoms with Crippen LogP contribution in [0.3, 0.4) is 0 Å². The number of carbonyl (C=O) groups excluding carboxylic acids is 1. The number of thioether (sulfide) groups is 1. The second kappa shape index (κ2) is 5.27. The summed E-state index contributed by atoms with van der Waals surface area (Å²) in [6, 6.07) is 2.04. The Morgan fingerprint density at radius 1 is 1.56 bits per heavy atom. The van der Waals surface area contributed by atoms with Gasteiger partial charge in [0.1, 0.15) is 0 Å². The highest BCUT2D eigenvalue weighted by Gasteiger charge is 2.38. The summed E-state index contributed by atoms with van der Waals surface area (Å²) in [6.07, 6.45) is 2.46. The van der Waals surface area contributed by atoms with Gasteiger partial charge in [0, 0.05) is 30.2 Å². The fourth-order valence-electron chi connectivity index (χ4n) is 2.51. The molecule has 2 saturated heterocycles. The molecule has 0 saturated carbocycles. The van der Waals surface area contributed by atoms with Gasteiger partial charge in [0.15, 0.2) is 0 Å². The molecule has 6 heteroatoms. The molecular weight excluding hydrogens is 318 g/mol. The summed E-state index contributed by atoms with van der Waals surface area (Å²) in [6.45, 7) is 2.28. The maximum absolute atomic E-state index is 12.5. The minimum atomic E-state index is -0.0101. The molecule has 0 bridgehead atoms. The molecule has 1 amide bonds. The average Bonchev–Trinajstić information content (AvgIpc) is 2.83. The van der Waals surface area contributed by atoms with E-state index in [0.29, 0.717) is 11.0 Å². The molecule has 1 aromatic rings. The molecule has 0 radical (unpaired) electrons. The van der Waals surface area contributed by atoms with Crippen molar-refractivity contribution < 1.29 is 13.9 Å². The van der Waals surface area contributed by atoms with E-state index in [9.17, 15) is 4.79 Å². The van der Waals surface area contributed by atoms with Gasteiger partial charge in [0.2, 0.25) is 5.76 Å². The van der Waals surface area contributed by atoms with E-state index in [1.54, 1.807) is 6.07 Å². The number of carbonyl (C=O) groups is 1. The van der Waals surface area contributed by atoms with Gasteiger partial charge in [0.25, 0.3) is 5.91 Å². The van der Waals surface area contributed by atoms with Crippen LogP contribution in [0.2, 0.25) is 0 Å². The summed E-state index contributed by atoms with van der Waals surface area (Å²) in [5.41, 5.74) is 0. The highest BCUT2D eigenvalue weighted by Crippen LogP contribution is 2.32. The van der Waals surface area contributed by atoms with Crippen LogP contribution >= 0.6 is 27.7 Å². The summed E-state index contributed by atoms with van der Waals surface area (Å²) in [5, 5.41) is 0.408. The average molecular weight is 332 g/mol. The third kappa shape index (κ3) is 2.21. The van der Waals surface area contributed by atoms with Crippen molar-refractivity contribution in [3.8, 4) is 0 Å². The second-order valence-electron chi connectivity index (χ2n) is 4.44. The molecule has 0 aromatic carbocycles. The van der Waals surface area contributed by atoms with Gasteiger partial charge in [-0.2, -0.15) is 11.8 Å². The van der Waals surface area contributed by atoms with Crippen LogP contribution < -0.4 is 0 Å². The van der Waals surface area contributed by atoms with E-state index in [1.807, 2.05) is 16.7 Å². The van der Waals surface area contributed by atoms with Crippen LogP contribution in [0.25, 0.3) is 0 Å². The monoisotopic (exact) mass is 331 g/mol. The van der Waals surface area contributed by atoms with Crippen LogP contribution in [0.4, 0.5) is 0 Å². The van der Waals surface area contributed by atoms with Gasteiger partial charge >= 0.3 is 0 Å². The maximum Gasteiger partial charge on any atom is 0.291 e. The fraction of sp³-hybridized carbons (Fsp3) is 0.583. The minimum absolute atomic E-state index is 0.0101. The molecule has 2 aliphatic rings. The third-order valence-corrected chi connectivity index (χ3v) is 5.33. The molecule has 0 aliphatic carbocycles. The molecule has 98 valence electrons. The number of hydrogen-bond acceptors (Lipinski definition) is 4. The lowest BCUT2D eigenvalue weighted by molar-refractivity contribution is 0.0300. The van der Waals surface area contributed by atoms with Gasteiger partial charge in [-0.05, 0) is 28.4 Å². The Labute approximate surface area is 118 Å². The standard InChI is InChI=1S/C12H14BrNO3S/c13-8-1-5-17-11(8)12(15)14-3-6-18-10-7-16-4-2-9(10)14/h1,5,9-10H,2-4,6-7H2/t9-,10+/m0/s1. The van der Waals surface area contributed by atoms with Gasteiger partial charge in [-0.25, -0.2) is 0 Å². The Balaban J connectivity index is 1.82. The molecule has 3 heterocycles. The predicted octanol–water partition coefficient (Wildman–Crippen LogP) is 2.39. The molecule has 0 spiro atoms. The van der Waals surface area contributed by atoms with Crippen molar-refractivity contribution in [1.29, 1.82) is 0 Å². The van der Waals surface area contributed by atoms with E-state index in [0.717, 1.165) is 36.4 Å². The Bertz CT molecular complexity index is 448. The Morgan fingerprint density at radius 3 is 3.22 bits per heavy atom. The van der Waals surface area contributed by atoms with Crippen LogP contribution in [0.1, 0.15) is 17.0 Å². The van der Waals surface area contributed by atoms with Crippen molar-refractivity contribution >= 4 is 33.6 Å². The first-order chi connectivity index (χ1) is 8.77. The SMILES string of the molecule is O=C(c1occc1Br)N1CCS[C@@H]2COCC[C@@H]21. The summed E-state index contributed by atoms with van der Waals surface area (Å²) >= 11 is 5.26. The molecular formula is C12H14BrNO3S. The van der Waals surface area contributed by atoms with E-state index in [2.05, 4.69) is 15.9 Å². The normalized spacial score (nSPS) is 27.9. The van der Waals surface area contributed by atoms with Crippen LogP contribution in [-0.4, -0.2) is 47.6 Å². The quantitative estimate of drug-likeness (QED) is 0.792. The van der Waals surface area contributed by atoms with Gasteiger partial charge in [-0.15, -0.1) is 0 Å². The van der Waals surface area contributed by atoms with Gasteiger partial charge < -0.3 is 14.1 Å². The molecule has 4 nitrogen and oxygen atoms in total. The third-order valence-electron chi connectivity index (χ3n) is 3.41. The van der Waals surface area contributed by atoms with E-state index in [-0.39, 0.29) is 11.9 Å². The predicted molar refractivity (Wildman–Crippen MR) is 72.9 cm³/mol. The van der Waals surface area contributed by atoms with Crippen molar-refractivity contribution in [3.63, 3.8) is 0 Å². The maximum atomic E-state index is 12.5. The molecule has 2 fully saturated rings. The van der Waals surface area contributed by atoms with Gasteiger partial charge in [-0.1, -0.05) is 0 Å². The summed E-state index contributed by atoms with van der Waals surface area (Å²) < 4.78 is 11.5. The fourth-order valence-corrected chi connectivity index (χ4v) is 4.19. The van der Waals surface area contributed by atoms with Crippen molar-refractivity contribution in [1.82, 2.24) is 4.90 Å². The minimum Gasteiger partial charge on any atom is -0.458 e. The first-order valence-electron chi connectivity index (χ1n) is 6.00. The van der Waals surface area contributed by atoms with Crippen molar-refractivity contribution in [2.45, 2.75) is 17.7 Å². The number of nitrogens with zero attached hydrogens (tertiary/aromatic N) is 1. The summed E-state index contributed by atoms with van der Waals surface area (Å²) in [7, 11) is 0. The number of hydrogen-bond donors (Lipinski definition) is 0. The smallest absolute Gasteiger partial charge is 0.291 e. The molecule has 3 rings (SSSR count). The van der Waals surface area contributed by atoms with E-state index in [1.165, 1.54) is 6.26 Å². The summed E-state index contributed by atoms with van der Waals surface area (Å²) in [5.74, 6) is 1.37. The lowest BCUT2D eigenvalue weighted by atomic mass is 10.1. The van der Waals surface area contributed by atoms with Crippen molar-refractivity contribution in [3.05, 3.63) is 22.6 Å². The first-order valence-corrected chi connectivity index (χ1v) is 7.85. The molecule has 18 heavy (non-hydrogen) atoms. The van der Waals surface area contributed by atoms with Gasteiger partial charge in [0.05, 0.1) is 17.3 Å². The molecule has 1 aromatic heterocycles. The lowest BCUT2D eigenvalue weighted by Crippen LogP contribution is -2.54. The zero-order valence-electron chi connectivity index (χ0n) is 9.80. The largest absolute Gasteiger partial charge is 0.458 e. The molecule has 0 unspecified atom stereocenters. The molecule has 0 N–H and O–H groups in total. The highest BCUT2D eigenvalue weighted by molar-refractivity contribution is 9.10. The summed E-state index contributed by atoms with van der Waals surface area (Å²) in [4.78, 5) is 14.4. The number of halogens is 1.